The first-order valence-corrected chi connectivity index (χ1v) is 6.28. The molecule has 0 aliphatic heterocycles. The second-order valence-electron chi connectivity index (χ2n) is 4.45. The quantitative estimate of drug-likeness (QED) is 0.908. The first-order valence-electron chi connectivity index (χ1n) is 5.90. The Labute approximate surface area is 106 Å². The highest BCUT2D eigenvalue weighted by Crippen LogP contribution is 2.24. The minimum absolute atomic E-state index is 0.196. The summed E-state index contributed by atoms with van der Waals surface area (Å²) >= 11 is 6.03. The van der Waals surface area contributed by atoms with Gasteiger partial charge in [-0.05, 0) is 38.5 Å². The van der Waals surface area contributed by atoms with Crippen molar-refractivity contribution < 1.29 is 5.11 Å². The Morgan fingerprint density at radius 2 is 2.18 bits per heavy atom. The van der Waals surface area contributed by atoms with Crippen molar-refractivity contribution in [2.24, 2.45) is 0 Å². The summed E-state index contributed by atoms with van der Waals surface area (Å²) in [6.45, 7) is 4.46. The van der Waals surface area contributed by atoms with Crippen LogP contribution in [0.25, 0.3) is 11.0 Å². The van der Waals surface area contributed by atoms with Crippen LogP contribution in [0, 0.1) is 0 Å². The third-order valence-electron chi connectivity index (χ3n) is 2.80. The number of fused-ring (bicyclic) bond motifs is 1. The van der Waals surface area contributed by atoms with Gasteiger partial charge in [0.05, 0.1) is 11.0 Å². The van der Waals surface area contributed by atoms with E-state index in [-0.39, 0.29) is 6.61 Å². The molecule has 0 amide bonds. The molecule has 4 heteroatoms. The molecule has 0 aliphatic carbocycles. The average molecular weight is 253 g/mol. The van der Waals surface area contributed by atoms with Gasteiger partial charge in [-0.15, -0.1) is 0 Å². The molecular formula is C13H17ClN2O. The predicted molar refractivity (Wildman–Crippen MR) is 70.5 cm³/mol. The first kappa shape index (κ1) is 12.4. The maximum atomic E-state index is 8.92. The molecule has 2 aromatic rings. The van der Waals surface area contributed by atoms with Crippen LogP contribution >= 0.6 is 11.6 Å². The number of halogens is 1. The summed E-state index contributed by atoms with van der Waals surface area (Å²) in [5.74, 6) is 1.02. The third kappa shape index (κ3) is 2.45. The molecule has 0 bridgehead atoms. The topological polar surface area (TPSA) is 38.0 Å². The van der Waals surface area contributed by atoms with Crippen LogP contribution in [0.1, 0.15) is 32.1 Å². The van der Waals surface area contributed by atoms with Crippen molar-refractivity contribution in [1.82, 2.24) is 9.55 Å². The van der Waals surface area contributed by atoms with Crippen LogP contribution in [0.15, 0.2) is 18.2 Å². The first-order chi connectivity index (χ1) is 8.13. The van der Waals surface area contributed by atoms with Crippen molar-refractivity contribution in [3.63, 3.8) is 0 Å². The van der Waals surface area contributed by atoms with Crippen molar-refractivity contribution in [1.29, 1.82) is 0 Å². The summed E-state index contributed by atoms with van der Waals surface area (Å²) in [5.41, 5.74) is 2.04. The molecule has 92 valence electrons. The molecule has 17 heavy (non-hydrogen) atoms. The summed E-state index contributed by atoms with van der Waals surface area (Å²) in [6.07, 6.45) is 1.53. The molecular weight excluding hydrogens is 236 g/mol. The zero-order chi connectivity index (χ0) is 12.4. The fourth-order valence-corrected chi connectivity index (χ4v) is 2.27. The number of aliphatic hydroxyl groups is 1. The zero-order valence-corrected chi connectivity index (χ0v) is 10.9. The highest BCUT2D eigenvalue weighted by molar-refractivity contribution is 6.31. The SMILES string of the molecule is CC(C)n1c(CCCO)nc2ccc(Cl)cc21. The molecule has 2 rings (SSSR count). The van der Waals surface area contributed by atoms with E-state index >= 15 is 0 Å². The molecule has 0 fully saturated rings. The van der Waals surface area contributed by atoms with Gasteiger partial charge in [0, 0.05) is 24.1 Å². The van der Waals surface area contributed by atoms with E-state index in [4.69, 9.17) is 16.7 Å². The maximum absolute atomic E-state index is 8.92. The Balaban J connectivity index is 2.54. The van der Waals surface area contributed by atoms with Gasteiger partial charge in [-0.3, -0.25) is 0 Å². The Hall–Kier alpha value is -1.06. The summed E-state index contributed by atoms with van der Waals surface area (Å²) in [7, 11) is 0. The lowest BCUT2D eigenvalue weighted by Crippen LogP contribution is -2.07. The van der Waals surface area contributed by atoms with Gasteiger partial charge in [-0.25, -0.2) is 4.98 Å². The Kier molecular flexibility index (Phi) is 3.69. The molecule has 0 unspecified atom stereocenters. The number of aliphatic hydroxyl groups excluding tert-OH is 1. The fourth-order valence-electron chi connectivity index (χ4n) is 2.11. The Morgan fingerprint density at radius 3 is 2.82 bits per heavy atom. The van der Waals surface area contributed by atoms with Gasteiger partial charge in [0.2, 0.25) is 0 Å². The molecule has 3 nitrogen and oxygen atoms in total. The van der Waals surface area contributed by atoms with E-state index in [1.807, 2.05) is 18.2 Å². The highest BCUT2D eigenvalue weighted by atomic mass is 35.5. The van der Waals surface area contributed by atoms with Crippen LogP contribution in [0.3, 0.4) is 0 Å². The second-order valence-corrected chi connectivity index (χ2v) is 4.89. The van der Waals surface area contributed by atoms with E-state index in [0.717, 1.165) is 34.7 Å². The molecule has 1 aromatic heterocycles. The number of hydrogen-bond acceptors (Lipinski definition) is 2. The molecule has 1 aromatic carbocycles. The lowest BCUT2D eigenvalue weighted by molar-refractivity contribution is 0.286. The standard InChI is InChI=1S/C13H17ClN2O/c1-9(2)16-12-8-10(14)5-6-11(12)15-13(16)4-3-7-17/h5-6,8-9,17H,3-4,7H2,1-2H3. The summed E-state index contributed by atoms with van der Waals surface area (Å²) in [4.78, 5) is 4.61. The number of hydrogen-bond donors (Lipinski definition) is 1. The van der Waals surface area contributed by atoms with Gasteiger partial charge in [0.25, 0.3) is 0 Å². The van der Waals surface area contributed by atoms with Crippen LogP contribution in [0.5, 0.6) is 0 Å². The average Bonchev–Trinajstić information content (AvgIpc) is 2.63. The molecule has 0 radical (unpaired) electrons. The minimum atomic E-state index is 0.196. The number of aromatic nitrogens is 2. The highest BCUT2D eigenvalue weighted by Gasteiger charge is 2.12. The van der Waals surface area contributed by atoms with Crippen LogP contribution < -0.4 is 0 Å². The van der Waals surface area contributed by atoms with Gasteiger partial charge < -0.3 is 9.67 Å². The van der Waals surface area contributed by atoms with Gasteiger partial charge in [0.1, 0.15) is 5.82 Å². The zero-order valence-electron chi connectivity index (χ0n) is 10.2. The monoisotopic (exact) mass is 252 g/mol. The van der Waals surface area contributed by atoms with Crippen molar-refractivity contribution in [3.8, 4) is 0 Å². The number of benzene rings is 1. The molecule has 0 atom stereocenters. The fraction of sp³-hybridized carbons (Fsp3) is 0.462. The summed E-state index contributed by atoms with van der Waals surface area (Å²) < 4.78 is 2.19. The predicted octanol–water partition coefficient (Wildman–Crippen LogP) is 3.20. The van der Waals surface area contributed by atoms with E-state index in [0.29, 0.717) is 6.04 Å². The van der Waals surface area contributed by atoms with E-state index in [9.17, 15) is 0 Å². The lowest BCUT2D eigenvalue weighted by atomic mass is 10.2. The summed E-state index contributed by atoms with van der Waals surface area (Å²) in [5, 5.41) is 9.65. The molecule has 0 aliphatic rings. The minimum Gasteiger partial charge on any atom is -0.396 e. The molecule has 1 N–H and O–H groups in total. The lowest BCUT2D eigenvalue weighted by Gasteiger charge is -2.12. The molecule has 1 heterocycles. The van der Waals surface area contributed by atoms with Crippen molar-refractivity contribution in [2.75, 3.05) is 6.61 Å². The van der Waals surface area contributed by atoms with Gasteiger partial charge in [-0.2, -0.15) is 0 Å². The molecule has 0 saturated carbocycles. The number of nitrogens with zero attached hydrogens (tertiary/aromatic N) is 2. The van der Waals surface area contributed by atoms with Gasteiger partial charge in [0.15, 0.2) is 0 Å². The van der Waals surface area contributed by atoms with Crippen molar-refractivity contribution in [3.05, 3.63) is 29.0 Å². The Morgan fingerprint density at radius 1 is 1.41 bits per heavy atom. The Bertz CT molecular complexity index is 519. The second kappa shape index (κ2) is 5.07. The number of rotatable bonds is 4. The number of imidazole rings is 1. The summed E-state index contributed by atoms with van der Waals surface area (Å²) in [6, 6.07) is 6.09. The van der Waals surface area contributed by atoms with Crippen LogP contribution in [0.4, 0.5) is 0 Å². The number of aryl methyl sites for hydroxylation is 1. The maximum Gasteiger partial charge on any atom is 0.110 e. The van der Waals surface area contributed by atoms with Gasteiger partial charge in [-0.1, -0.05) is 11.6 Å². The van der Waals surface area contributed by atoms with Crippen LogP contribution in [-0.4, -0.2) is 21.3 Å². The largest absolute Gasteiger partial charge is 0.396 e. The third-order valence-corrected chi connectivity index (χ3v) is 3.03. The normalized spacial score (nSPS) is 11.6. The van der Waals surface area contributed by atoms with E-state index < -0.39 is 0 Å². The smallest absolute Gasteiger partial charge is 0.110 e. The van der Waals surface area contributed by atoms with E-state index in [1.54, 1.807) is 0 Å². The molecule has 0 saturated heterocycles. The van der Waals surface area contributed by atoms with E-state index in [2.05, 4.69) is 23.4 Å². The van der Waals surface area contributed by atoms with Crippen LogP contribution in [0.2, 0.25) is 5.02 Å². The van der Waals surface area contributed by atoms with Crippen molar-refractivity contribution in [2.45, 2.75) is 32.7 Å². The van der Waals surface area contributed by atoms with E-state index in [1.165, 1.54) is 0 Å². The molecule has 0 spiro atoms. The van der Waals surface area contributed by atoms with Crippen molar-refractivity contribution >= 4 is 22.6 Å². The van der Waals surface area contributed by atoms with Gasteiger partial charge >= 0.3 is 0 Å². The van der Waals surface area contributed by atoms with Crippen LogP contribution in [-0.2, 0) is 6.42 Å².